The van der Waals surface area contributed by atoms with Crippen LogP contribution in [-0.4, -0.2) is 12.7 Å². The molecule has 2 N–H and O–H groups in total. The Morgan fingerprint density at radius 2 is 2.00 bits per heavy atom. The summed E-state index contributed by atoms with van der Waals surface area (Å²) in [6, 6.07) is 7.36. The van der Waals surface area contributed by atoms with Crippen LogP contribution in [0.2, 0.25) is 5.02 Å². The smallest absolute Gasteiger partial charge is 0.134 e. The topological polar surface area (TPSA) is 48.4 Å². The van der Waals surface area contributed by atoms with Crippen LogP contribution in [0.5, 0.6) is 0 Å². The fourth-order valence-corrected chi connectivity index (χ4v) is 3.42. The minimum Gasteiger partial charge on any atom is -0.459 e. The lowest BCUT2D eigenvalue weighted by atomic mass is 9.78. The van der Waals surface area contributed by atoms with E-state index in [1.54, 1.807) is 7.11 Å². The zero-order valence-corrected chi connectivity index (χ0v) is 12.5. The lowest BCUT2D eigenvalue weighted by Crippen LogP contribution is -2.44. The Kier molecular flexibility index (Phi) is 3.76. The van der Waals surface area contributed by atoms with E-state index in [9.17, 15) is 0 Å². The van der Waals surface area contributed by atoms with Crippen LogP contribution in [-0.2, 0) is 4.74 Å². The third kappa shape index (κ3) is 2.34. The van der Waals surface area contributed by atoms with Gasteiger partial charge in [-0.05, 0) is 37.1 Å². The molecule has 1 aromatic heterocycles. The van der Waals surface area contributed by atoms with E-state index < -0.39 is 0 Å². The zero-order chi connectivity index (χ0) is 14.2. The van der Waals surface area contributed by atoms with Crippen LogP contribution < -0.4 is 5.73 Å². The Bertz CT molecular complexity index is 602. The summed E-state index contributed by atoms with van der Waals surface area (Å²) in [4.78, 5) is 0. The van der Waals surface area contributed by atoms with Gasteiger partial charge in [-0.3, -0.25) is 0 Å². The van der Waals surface area contributed by atoms with Gasteiger partial charge >= 0.3 is 0 Å². The van der Waals surface area contributed by atoms with Gasteiger partial charge in [-0.2, -0.15) is 0 Å². The van der Waals surface area contributed by atoms with Crippen molar-refractivity contribution in [2.75, 3.05) is 7.11 Å². The Labute approximate surface area is 124 Å². The number of halogens is 1. The van der Waals surface area contributed by atoms with Gasteiger partial charge in [0, 0.05) is 17.5 Å². The van der Waals surface area contributed by atoms with E-state index in [2.05, 4.69) is 0 Å². The molecule has 1 fully saturated rings. The van der Waals surface area contributed by atoms with Crippen LogP contribution in [0.25, 0.3) is 11.0 Å². The van der Waals surface area contributed by atoms with Crippen LogP contribution in [0.4, 0.5) is 0 Å². The number of ether oxygens (including phenoxy) is 1. The molecule has 108 valence electrons. The van der Waals surface area contributed by atoms with Crippen molar-refractivity contribution >= 4 is 22.6 Å². The van der Waals surface area contributed by atoms with Crippen molar-refractivity contribution in [1.29, 1.82) is 0 Å². The van der Waals surface area contributed by atoms with Gasteiger partial charge < -0.3 is 14.9 Å². The molecule has 4 heteroatoms. The van der Waals surface area contributed by atoms with Gasteiger partial charge in [0.15, 0.2) is 0 Å². The van der Waals surface area contributed by atoms with E-state index >= 15 is 0 Å². The maximum absolute atomic E-state index is 6.47. The molecule has 1 unspecified atom stereocenters. The molecule has 1 saturated carbocycles. The highest BCUT2D eigenvalue weighted by Crippen LogP contribution is 2.41. The summed E-state index contributed by atoms with van der Waals surface area (Å²) < 4.78 is 11.7. The Balaban J connectivity index is 1.96. The van der Waals surface area contributed by atoms with Gasteiger partial charge in [-0.15, -0.1) is 0 Å². The molecule has 2 aromatic rings. The molecule has 0 saturated heterocycles. The number of fused-ring (bicyclic) bond motifs is 1. The summed E-state index contributed by atoms with van der Waals surface area (Å²) in [5, 5.41) is 1.70. The molecular formula is C16H20ClNO2. The van der Waals surface area contributed by atoms with Crippen LogP contribution >= 0.6 is 11.6 Å². The number of nitrogens with two attached hydrogens (primary N) is 1. The predicted octanol–water partition coefficient (Wildman–Crippen LogP) is 4.44. The molecule has 0 amide bonds. The van der Waals surface area contributed by atoms with Gasteiger partial charge in [0.2, 0.25) is 0 Å². The monoisotopic (exact) mass is 293 g/mol. The summed E-state index contributed by atoms with van der Waals surface area (Å²) in [5.74, 6) is 0.783. The average Bonchev–Trinajstić information content (AvgIpc) is 2.90. The van der Waals surface area contributed by atoms with Gasteiger partial charge in [0.25, 0.3) is 0 Å². The van der Waals surface area contributed by atoms with E-state index in [-0.39, 0.29) is 11.6 Å². The number of methoxy groups -OCH3 is 1. The van der Waals surface area contributed by atoms with Gasteiger partial charge in [0.1, 0.15) is 11.3 Å². The molecule has 1 heterocycles. The van der Waals surface area contributed by atoms with E-state index in [1.165, 1.54) is 6.42 Å². The first-order valence-corrected chi connectivity index (χ1v) is 7.52. The SMILES string of the molecule is COC1(C(N)c2cc3cc(Cl)ccc3o2)CCCCC1. The molecule has 1 atom stereocenters. The Hall–Kier alpha value is -1.03. The highest BCUT2D eigenvalue weighted by Gasteiger charge is 2.40. The molecule has 1 aliphatic rings. The largest absolute Gasteiger partial charge is 0.459 e. The lowest BCUT2D eigenvalue weighted by molar-refractivity contribution is -0.0634. The van der Waals surface area contributed by atoms with Crippen LogP contribution in [0.3, 0.4) is 0 Å². The van der Waals surface area contributed by atoms with Gasteiger partial charge in [0.05, 0.1) is 11.6 Å². The summed E-state index contributed by atoms with van der Waals surface area (Å²) >= 11 is 6.01. The summed E-state index contributed by atoms with van der Waals surface area (Å²) in [5.41, 5.74) is 6.99. The van der Waals surface area contributed by atoms with Crippen molar-refractivity contribution in [3.63, 3.8) is 0 Å². The molecule has 0 spiro atoms. The van der Waals surface area contributed by atoms with E-state index in [4.69, 9.17) is 26.5 Å². The van der Waals surface area contributed by atoms with E-state index in [0.717, 1.165) is 42.4 Å². The number of hydrogen-bond acceptors (Lipinski definition) is 3. The molecule has 0 radical (unpaired) electrons. The third-order valence-electron chi connectivity index (χ3n) is 4.48. The predicted molar refractivity (Wildman–Crippen MR) is 81.0 cm³/mol. The molecular weight excluding hydrogens is 274 g/mol. The van der Waals surface area contributed by atoms with E-state index in [0.29, 0.717) is 5.02 Å². The molecule has 0 bridgehead atoms. The molecule has 20 heavy (non-hydrogen) atoms. The van der Waals surface area contributed by atoms with Crippen molar-refractivity contribution in [3.05, 3.63) is 35.0 Å². The minimum atomic E-state index is -0.296. The molecule has 3 nitrogen and oxygen atoms in total. The normalized spacial score (nSPS) is 20.1. The number of benzene rings is 1. The van der Waals surface area contributed by atoms with Crippen molar-refractivity contribution in [2.24, 2.45) is 5.73 Å². The molecule has 1 aromatic carbocycles. The number of furan rings is 1. The first-order valence-electron chi connectivity index (χ1n) is 7.14. The molecule has 0 aliphatic heterocycles. The Morgan fingerprint density at radius 3 is 2.70 bits per heavy atom. The third-order valence-corrected chi connectivity index (χ3v) is 4.71. The second-order valence-electron chi connectivity index (χ2n) is 5.64. The van der Waals surface area contributed by atoms with Crippen molar-refractivity contribution in [2.45, 2.75) is 43.7 Å². The average molecular weight is 294 g/mol. The maximum Gasteiger partial charge on any atom is 0.134 e. The minimum absolute atomic E-state index is 0.237. The summed E-state index contributed by atoms with van der Waals surface area (Å²) in [6.45, 7) is 0. The van der Waals surface area contributed by atoms with Crippen LogP contribution in [0, 0.1) is 0 Å². The standard InChI is InChI=1S/C16H20ClNO2/c1-19-16(7-3-2-4-8-16)15(18)14-10-11-9-12(17)5-6-13(11)20-14/h5-6,9-10,15H,2-4,7-8,18H2,1H3. The van der Waals surface area contributed by atoms with Crippen molar-refractivity contribution < 1.29 is 9.15 Å². The highest BCUT2D eigenvalue weighted by atomic mass is 35.5. The summed E-state index contributed by atoms with van der Waals surface area (Å²) in [6.07, 6.45) is 5.56. The maximum atomic E-state index is 6.47. The summed E-state index contributed by atoms with van der Waals surface area (Å²) in [7, 11) is 1.75. The van der Waals surface area contributed by atoms with Crippen LogP contribution in [0.15, 0.2) is 28.7 Å². The number of rotatable bonds is 3. The number of hydrogen-bond donors (Lipinski definition) is 1. The fourth-order valence-electron chi connectivity index (χ4n) is 3.24. The molecule has 1 aliphatic carbocycles. The first-order chi connectivity index (χ1) is 9.64. The first kappa shape index (κ1) is 13.9. The second kappa shape index (κ2) is 5.40. The second-order valence-corrected chi connectivity index (χ2v) is 6.07. The highest BCUT2D eigenvalue weighted by molar-refractivity contribution is 6.31. The van der Waals surface area contributed by atoms with Crippen molar-refractivity contribution in [1.82, 2.24) is 0 Å². The van der Waals surface area contributed by atoms with Crippen LogP contribution in [0.1, 0.15) is 43.9 Å². The zero-order valence-electron chi connectivity index (χ0n) is 11.7. The lowest BCUT2D eigenvalue weighted by Gasteiger charge is -2.39. The van der Waals surface area contributed by atoms with Gasteiger partial charge in [-0.25, -0.2) is 0 Å². The van der Waals surface area contributed by atoms with Crippen molar-refractivity contribution in [3.8, 4) is 0 Å². The quantitative estimate of drug-likeness (QED) is 0.910. The Morgan fingerprint density at radius 1 is 1.25 bits per heavy atom. The van der Waals surface area contributed by atoms with Gasteiger partial charge in [-0.1, -0.05) is 30.9 Å². The fraction of sp³-hybridized carbons (Fsp3) is 0.500. The van der Waals surface area contributed by atoms with E-state index in [1.807, 2.05) is 24.3 Å². The molecule has 3 rings (SSSR count).